The zero-order valence-electron chi connectivity index (χ0n) is 13.8. The zero-order chi connectivity index (χ0) is 17.9. The van der Waals surface area contributed by atoms with Crippen LogP contribution in [0.3, 0.4) is 0 Å². The van der Waals surface area contributed by atoms with Crippen LogP contribution in [0.2, 0.25) is 0 Å². The van der Waals surface area contributed by atoms with Crippen molar-refractivity contribution in [3.63, 3.8) is 0 Å². The Hall–Kier alpha value is -2.35. The first-order valence-electron chi connectivity index (χ1n) is 7.13. The molecule has 0 amide bonds. The number of rotatable bonds is 5. The molecule has 6 nitrogen and oxygen atoms in total. The van der Waals surface area contributed by atoms with Crippen molar-refractivity contribution in [3.05, 3.63) is 29.7 Å². The number of hydrogen-bond donors (Lipinski definition) is 1. The number of nitrogens with two attached hydrogens (primary N) is 1. The number of nitrogen functional groups attached to an aromatic ring is 1. The van der Waals surface area contributed by atoms with Crippen molar-refractivity contribution in [3.8, 4) is 17.1 Å². The Balaban J connectivity index is 2.53. The van der Waals surface area contributed by atoms with Crippen LogP contribution < -0.4 is 10.5 Å². The third-order valence-corrected chi connectivity index (χ3v) is 4.03. The van der Waals surface area contributed by atoms with E-state index in [-0.39, 0.29) is 28.6 Å². The Kier molecular flexibility index (Phi) is 5.61. The number of hydrogen-bond acceptors (Lipinski definition) is 7. The Labute approximate surface area is 143 Å². The molecule has 0 saturated heterocycles. The lowest BCUT2D eigenvalue weighted by Crippen LogP contribution is -2.12. The first-order chi connectivity index (χ1) is 11.4. The van der Waals surface area contributed by atoms with E-state index < -0.39 is 11.8 Å². The van der Waals surface area contributed by atoms with Crippen LogP contribution in [-0.2, 0) is 4.74 Å². The summed E-state index contributed by atoms with van der Waals surface area (Å²) in [6.45, 7) is 4.04. The first-order valence-corrected chi connectivity index (χ1v) is 8.01. The van der Waals surface area contributed by atoms with E-state index in [0.717, 1.165) is 4.90 Å². The highest BCUT2D eigenvalue weighted by Crippen LogP contribution is 2.31. The smallest absolute Gasteiger partial charge is 0.360 e. The summed E-state index contributed by atoms with van der Waals surface area (Å²) < 4.78 is 24.1. The van der Waals surface area contributed by atoms with Crippen molar-refractivity contribution >= 4 is 23.5 Å². The van der Waals surface area contributed by atoms with Crippen LogP contribution >= 0.6 is 11.8 Å². The first kappa shape index (κ1) is 18.0. The van der Waals surface area contributed by atoms with Gasteiger partial charge >= 0.3 is 5.97 Å². The number of carbonyl (C=O) groups is 1. The number of anilines is 1. The van der Waals surface area contributed by atoms with Gasteiger partial charge in [-0.1, -0.05) is 13.8 Å². The lowest BCUT2D eigenvalue weighted by molar-refractivity contribution is 0.0590. The van der Waals surface area contributed by atoms with Crippen LogP contribution in [-0.4, -0.2) is 35.4 Å². The third-order valence-electron chi connectivity index (χ3n) is 3.03. The summed E-state index contributed by atoms with van der Waals surface area (Å²) >= 11 is 1.54. The minimum absolute atomic E-state index is 0.00186. The van der Waals surface area contributed by atoms with Gasteiger partial charge in [0.25, 0.3) is 0 Å². The Morgan fingerprint density at radius 1 is 1.29 bits per heavy atom. The summed E-state index contributed by atoms with van der Waals surface area (Å²) in [5, 5.41) is 0.328. The molecule has 0 spiro atoms. The van der Waals surface area contributed by atoms with Gasteiger partial charge in [-0.25, -0.2) is 19.2 Å². The second-order valence-corrected chi connectivity index (χ2v) is 6.76. The highest BCUT2D eigenvalue weighted by atomic mass is 32.2. The third kappa shape index (κ3) is 3.76. The number of halogens is 1. The van der Waals surface area contributed by atoms with Gasteiger partial charge in [0.2, 0.25) is 0 Å². The molecule has 1 heterocycles. The van der Waals surface area contributed by atoms with Gasteiger partial charge in [-0.3, -0.25) is 0 Å². The van der Waals surface area contributed by atoms with E-state index >= 15 is 0 Å². The highest BCUT2D eigenvalue weighted by Gasteiger charge is 2.22. The van der Waals surface area contributed by atoms with Gasteiger partial charge in [0.05, 0.1) is 19.8 Å². The highest BCUT2D eigenvalue weighted by molar-refractivity contribution is 7.99. The maximum absolute atomic E-state index is 14.4. The molecule has 0 aliphatic rings. The van der Waals surface area contributed by atoms with Crippen molar-refractivity contribution in [1.29, 1.82) is 0 Å². The fourth-order valence-corrected chi connectivity index (χ4v) is 2.91. The Bertz CT molecular complexity index is 768. The number of methoxy groups -OCH3 is 2. The molecule has 0 atom stereocenters. The molecule has 0 aliphatic carbocycles. The Morgan fingerprint density at radius 2 is 2.00 bits per heavy atom. The molecule has 8 heteroatoms. The van der Waals surface area contributed by atoms with Gasteiger partial charge < -0.3 is 15.2 Å². The fraction of sp³-hybridized carbons (Fsp3) is 0.312. The average Bonchev–Trinajstić information content (AvgIpc) is 2.52. The summed E-state index contributed by atoms with van der Waals surface area (Å²) in [5.41, 5.74) is 5.79. The second kappa shape index (κ2) is 7.48. The SMILES string of the molecule is COC(=O)c1nc(-c2ccc(SC(C)C)cc2F)nc(N)c1OC. The van der Waals surface area contributed by atoms with Crippen molar-refractivity contribution in [2.45, 2.75) is 24.0 Å². The molecule has 0 radical (unpaired) electrons. The van der Waals surface area contributed by atoms with Crippen LogP contribution in [0.5, 0.6) is 5.75 Å². The number of esters is 1. The second-order valence-electron chi connectivity index (χ2n) is 5.11. The lowest BCUT2D eigenvalue weighted by atomic mass is 10.2. The lowest BCUT2D eigenvalue weighted by Gasteiger charge is -2.11. The topological polar surface area (TPSA) is 87.3 Å². The maximum Gasteiger partial charge on any atom is 0.360 e. The number of benzene rings is 1. The molecule has 24 heavy (non-hydrogen) atoms. The predicted octanol–water partition coefficient (Wildman–Crippen LogP) is 3.16. The van der Waals surface area contributed by atoms with Gasteiger partial charge in [-0.05, 0) is 18.2 Å². The molecule has 0 bridgehead atoms. The van der Waals surface area contributed by atoms with E-state index in [9.17, 15) is 9.18 Å². The minimum Gasteiger partial charge on any atom is -0.491 e. The molecule has 1 aromatic heterocycles. The molecule has 0 aliphatic heterocycles. The molecule has 1 aromatic carbocycles. The average molecular weight is 351 g/mol. The van der Waals surface area contributed by atoms with Crippen molar-refractivity contribution in [2.75, 3.05) is 20.0 Å². The fourth-order valence-electron chi connectivity index (χ4n) is 2.05. The molecule has 0 unspecified atom stereocenters. The molecule has 0 fully saturated rings. The van der Waals surface area contributed by atoms with E-state index in [1.807, 2.05) is 13.8 Å². The molecule has 0 saturated carbocycles. The van der Waals surface area contributed by atoms with E-state index in [4.69, 9.17) is 10.5 Å². The summed E-state index contributed by atoms with van der Waals surface area (Å²) in [6, 6.07) is 4.73. The molecular weight excluding hydrogens is 333 g/mol. The molecule has 2 rings (SSSR count). The van der Waals surface area contributed by atoms with Gasteiger partial charge in [-0.2, -0.15) is 0 Å². The largest absolute Gasteiger partial charge is 0.491 e. The quantitative estimate of drug-likeness (QED) is 0.654. The minimum atomic E-state index is -0.741. The van der Waals surface area contributed by atoms with Crippen LogP contribution in [0, 0.1) is 5.82 Å². The number of carbonyl (C=O) groups excluding carboxylic acids is 1. The van der Waals surface area contributed by atoms with E-state index in [1.165, 1.54) is 32.0 Å². The van der Waals surface area contributed by atoms with Crippen LogP contribution in [0.15, 0.2) is 23.1 Å². The standard InChI is InChI=1S/C16H18FN3O3S/c1-8(2)24-9-5-6-10(11(17)7-9)15-19-12(16(21)23-4)13(22-3)14(18)20-15/h5-8H,1-4H3,(H2,18,19,20). The van der Waals surface area contributed by atoms with Crippen LogP contribution in [0.25, 0.3) is 11.4 Å². The van der Waals surface area contributed by atoms with Crippen LogP contribution in [0.4, 0.5) is 10.2 Å². The number of ether oxygens (including phenoxy) is 2. The van der Waals surface area contributed by atoms with Crippen LogP contribution in [0.1, 0.15) is 24.3 Å². The summed E-state index contributed by atoms with van der Waals surface area (Å²) in [7, 11) is 2.54. The number of aromatic nitrogens is 2. The van der Waals surface area contributed by atoms with Crippen molar-refractivity contribution < 1.29 is 18.7 Å². The molecular formula is C16H18FN3O3S. The normalized spacial score (nSPS) is 10.8. The summed E-state index contributed by atoms with van der Waals surface area (Å²) in [4.78, 5) is 20.7. The van der Waals surface area contributed by atoms with E-state index in [1.54, 1.807) is 12.1 Å². The zero-order valence-corrected chi connectivity index (χ0v) is 14.6. The van der Waals surface area contributed by atoms with E-state index in [2.05, 4.69) is 14.7 Å². The number of nitrogens with zero attached hydrogens (tertiary/aromatic N) is 2. The van der Waals surface area contributed by atoms with Crippen molar-refractivity contribution in [1.82, 2.24) is 9.97 Å². The summed E-state index contributed by atoms with van der Waals surface area (Å²) in [6.07, 6.45) is 0. The van der Waals surface area contributed by atoms with Gasteiger partial charge in [0, 0.05) is 10.1 Å². The monoisotopic (exact) mass is 351 g/mol. The predicted molar refractivity (Wildman–Crippen MR) is 90.7 cm³/mol. The number of thioether (sulfide) groups is 1. The maximum atomic E-state index is 14.4. The Morgan fingerprint density at radius 3 is 2.54 bits per heavy atom. The molecule has 2 N–H and O–H groups in total. The summed E-state index contributed by atoms with van der Waals surface area (Å²) in [5.74, 6) is -1.32. The molecule has 2 aromatic rings. The van der Waals surface area contributed by atoms with E-state index in [0.29, 0.717) is 5.25 Å². The van der Waals surface area contributed by atoms with Crippen molar-refractivity contribution in [2.24, 2.45) is 0 Å². The molecule has 128 valence electrons. The van der Waals surface area contributed by atoms with Gasteiger partial charge in [0.15, 0.2) is 23.1 Å². The van der Waals surface area contributed by atoms with Gasteiger partial charge in [0.1, 0.15) is 5.82 Å². The van der Waals surface area contributed by atoms with Gasteiger partial charge in [-0.15, -0.1) is 11.8 Å².